The van der Waals surface area contributed by atoms with Gasteiger partial charge in [0, 0.05) is 17.6 Å². The van der Waals surface area contributed by atoms with E-state index in [9.17, 15) is 8.42 Å². The van der Waals surface area contributed by atoms with Gasteiger partial charge in [0.25, 0.3) is 0 Å². The van der Waals surface area contributed by atoms with Crippen LogP contribution in [0.4, 0.5) is 0 Å². The third kappa shape index (κ3) is 2.40. The lowest BCUT2D eigenvalue weighted by Gasteiger charge is -2.19. The lowest BCUT2D eigenvalue weighted by atomic mass is 9.87. The molecule has 0 aliphatic heterocycles. The molecule has 3 atom stereocenters. The zero-order valence-corrected chi connectivity index (χ0v) is 11.6. The van der Waals surface area contributed by atoms with E-state index in [2.05, 4.69) is 10.4 Å². The van der Waals surface area contributed by atoms with E-state index < -0.39 is 9.84 Å². The lowest BCUT2D eigenvalue weighted by Crippen LogP contribution is -2.09. The smallest absolute Gasteiger partial charge is 0.153 e. The van der Waals surface area contributed by atoms with Crippen LogP contribution in [0, 0.1) is 11.8 Å². The fourth-order valence-corrected chi connectivity index (χ4v) is 5.46. The van der Waals surface area contributed by atoms with Crippen molar-refractivity contribution in [2.75, 3.05) is 6.26 Å². The van der Waals surface area contributed by atoms with Crippen LogP contribution in [0.15, 0.2) is 5.38 Å². The normalized spacial score (nSPS) is 32.2. The second-order valence-electron chi connectivity index (χ2n) is 5.52. The number of thiazole rings is 1. The average Bonchev–Trinajstić information content (AvgIpc) is 2.87. The molecule has 2 aliphatic carbocycles. The zero-order valence-electron chi connectivity index (χ0n) is 9.93. The molecule has 0 amide bonds. The summed E-state index contributed by atoms with van der Waals surface area (Å²) in [6, 6.07) is 0. The van der Waals surface area contributed by atoms with Crippen LogP contribution in [0.2, 0.25) is 0 Å². The number of rotatable bonds is 3. The molecule has 2 bridgehead atoms. The average molecular weight is 271 g/mol. The Hall–Kier alpha value is -0.420. The van der Waals surface area contributed by atoms with Crippen LogP contribution in [0.25, 0.3) is 0 Å². The van der Waals surface area contributed by atoms with Crippen molar-refractivity contribution in [3.05, 3.63) is 16.1 Å². The minimum absolute atomic E-state index is 0.0957. The van der Waals surface area contributed by atoms with E-state index >= 15 is 0 Å². The Morgan fingerprint density at radius 2 is 2.24 bits per heavy atom. The van der Waals surface area contributed by atoms with Crippen LogP contribution in [0.1, 0.15) is 42.3 Å². The molecule has 94 valence electrons. The van der Waals surface area contributed by atoms with Crippen LogP contribution in [0.5, 0.6) is 0 Å². The number of hydrogen-bond acceptors (Lipinski definition) is 4. The minimum atomic E-state index is -2.95. The highest BCUT2D eigenvalue weighted by molar-refractivity contribution is 7.90. The molecule has 3 nitrogen and oxygen atoms in total. The summed E-state index contributed by atoms with van der Waals surface area (Å²) in [5.41, 5.74) is 1.15. The zero-order chi connectivity index (χ0) is 12.0. The van der Waals surface area contributed by atoms with Crippen molar-refractivity contribution >= 4 is 21.2 Å². The van der Waals surface area contributed by atoms with E-state index in [0.29, 0.717) is 5.92 Å². The van der Waals surface area contributed by atoms with Crippen molar-refractivity contribution < 1.29 is 8.42 Å². The highest BCUT2D eigenvalue weighted by Crippen LogP contribution is 2.52. The maximum atomic E-state index is 11.2. The van der Waals surface area contributed by atoms with Gasteiger partial charge in [-0.25, -0.2) is 13.4 Å². The Morgan fingerprint density at radius 1 is 1.41 bits per heavy atom. The monoisotopic (exact) mass is 271 g/mol. The molecule has 1 aromatic heterocycles. The van der Waals surface area contributed by atoms with Gasteiger partial charge in [-0.3, -0.25) is 0 Å². The van der Waals surface area contributed by atoms with Crippen molar-refractivity contribution in [1.29, 1.82) is 0 Å². The highest BCUT2D eigenvalue weighted by Gasteiger charge is 2.41. The molecule has 5 heteroatoms. The van der Waals surface area contributed by atoms with Crippen molar-refractivity contribution in [2.45, 2.75) is 37.4 Å². The van der Waals surface area contributed by atoms with Gasteiger partial charge < -0.3 is 0 Å². The summed E-state index contributed by atoms with van der Waals surface area (Å²) in [7, 11) is -2.95. The second kappa shape index (κ2) is 4.05. The minimum Gasteiger partial charge on any atom is -0.245 e. The van der Waals surface area contributed by atoms with Gasteiger partial charge >= 0.3 is 0 Å². The molecule has 2 fully saturated rings. The number of hydrogen-bond donors (Lipinski definition) is 0. The fourth-order valence-electron chi connectivity index (χ4n) is 3.39. The van der Waals surface area contributed by atoms with E-state index in [1.807, 2.05) is 0 Å². The maximum absolute atomic E-state index is 11.2. The quantitative estimate of drug-likeness (QED) is 0.849. The van der Waals surface area contributed by atoms with E-state index in [1.165, 1.54) is 43.3 Å². The predicted molar refractivity (Wildman–Crippen MR) is 68.9 cm³/mol. The molecular formula is C12H17NO2S2. The van der Waals surface area contributed by atoms with Crippen LogP contribution in [0.3, 0.4) is 0 Å². The predicted octanol–water partition coefficient (Wildman–Crippen LogP) is 2.59. The Morgan fingerprint density at radius 3 is 2.82 bits per heavy atom. The Labute approximate surface area is 106 Å². The molecule has 2 saturated carbocycles. The lowest BCUT2D eigenvalue weighted by molar-refractivity contribution is 0.414. The van der Waals surface area contributed by atoms with Gasteiger partial charge in [0.05, 0.1) is 5.69 Å². The van der Waals surface area contributed by atoms with Crippen LogP contribution < -0.4 is 0 Å². The first-order valence-electron chi connectivity index (χ1n) is 6.13. The summed E-state index contributed by atoms with van der Waals surface area (Å²) in [6.45, 7) is 0. The largest absolute Gasteiger partial charge is 0.245 e. The van der Waals surface area contributed by atoms with E-state index in [4.69, 9.17) is 0 Å². The first-order chi connectivity index (χ1) is 8.01. The van der Waals surface area contributed by atoms with Crippen LogP contribution in [-0.4, -0.2) is 19.7 Å². The van der Waals surface area contributed by atoms with Crippen molar-refractivity contribution in [1.82, 2.24) is 4.98 Å². The van der Waals surface area contributed by atoms with Crippen molar-refractivity contribution in [2.24, 2.45) is 11.8 Å². The highest BCUT2D eigenvalue weighted by atomic mass is 32.2. The molecule has 0 spiro atoms. The van der Waals surface area contributed by atoms with Crippen LogP contribution in [-0.2, 0) is 15.6 Å². The van der Waals surface area contributed by atoms with E-state index in [-0.39, 0.29) is 5.75 Å². The van der Waals surface area contributed by atoms with Crippen molar-refractivity contribution in [3.63, 3.8) is 0 Å². The molecule has 3 rings (SSSR count). The van der Waals surface area contributed by atoms with Gasteiger partial charge in [-0.05, 0) is 31.1 Å². The summed E-state index contributed by atoms with van der Waals surface area (Å²) < 4.78 is 22.5. The maximum Gasteiger partial charge on any atom is 0.153 e. The molecule has 0 aromatic carbocycles. The van der Waals surface area contributed by atoms with Crippen LogP contribution >= 0.6 is 11.3 Å². The first-order valence-corrected chi connectivity index (χ1v) is 9.07. The summed E-state index contributed by atoms with van der Waals surface area (Å²) in [5.74, 6) is 2.43. The molecule has 1 heterocycles. The summed E-state index contributed by atoms with van der Waals surface area (Å²) in [4.78, 5) is 4.54. The SMILES string of the molecule is CS(=O)(=O)Cc1nc([C@H]2C[C@H]3CC[C@H]2C3)cs1. The van der Waals surface area contributed by atoms with Gasteiger partial charge in [0.2, 0.25) is 0 Å². The third-order valence-corrected chi connectivity index (χ3v) is 5.92. The van der Waals surface area contributed by atoms with Gasteiger partial charge in [-0.15, -0.1) is 11.3 Å². The first kappa shape index (κ1) is 11.7. The van der Waals surface area contributed by atoms with Crippen molar-refractivity contribution in [3.8, 4) is 0 Å². The number of aromatic nitrogens is 1. The third-order valence-electron chi connectivity index (χ3n) is 4.07. The Balaban J connectivity index is 1.77. The number of nitrogens with zero attached hydrogens (tertiary/aromatic N) is 1. The fraction of sp³-hybridized carbons (Fsp3) is 0.750. The molecule has 0 N–H and O–H groups in total. The Bertz CT molecular complexity index is 520. The number of sulfone groups is 1. The van der Waals surface area contributed by atoms with Gasteiger partial charge in [-0.2, -0.15) is 0 Å². The van der Waals surface area contributed by atoms with Gasteiger partial charge in [0.1, 0.15) is 10.8 Å². The topological polar surface area (TPSA) is 47.0 Å². The number of fused-ring (bicyclic) bond motifs is 2. The standard InChI is InChI=1S/C12H17NO2S2/c1-17(14,15)7-12-13-11(6-16-12)10-5-8-2-3-9(10)4-8/h6,8-10H,2-5,7H2,1H3/t8-,9-,10-/m0/s1. The molecular weight excluding hydrogens is 254 g/mol. The molecule has 1 aromatic rings. The van der Waals surface area contributed by atoms with E-state index in [1.54, 1.807) is 0 Å². The molecule has 17 heavy (non-hydrogen) atoms. The van der Waals surface area contributed by atoms with Gasteiger partial charge in [0.15, 0.2) is 9.84 Å². The summed E-state index contributed by atoms with van der Waals surface area (Å²) in [6.07, 6.45) is 6.64. The summed E-state index contributed by atoms with van der Waals surface area (Å²) >= 11 is 1.50. The molecule has 0 saturated heterocycles. The molecule has 0 unspecified atom stereocenters. The second-order valence-corrected chi connectivity index (χ2v) is 8.60. The summed E-state index contributed by atoms with van der Waals surface area (Å²) in [5, 5.41) is 2.83. The van der Waals surface area contributed by atoms with Gasteiger partial charge in [-0.1, -0.05) is 6.42 Å². The Kier molecular flexibility index (Phi) is 2.78. The van der Waals surface area contributed by atoms with E-state index in [0.717, 1.165) is 22.5 Å². The molecule has 2 aliphatic rings. The molecule has 0 radical (unpaired) electrons.